The molecule has 2 N–H and O–H groups in total. The van der Waals surface area contributed by atoms with E-state index in [1.807, 2.05) is 0 Å². The molecule has 0 atom stereocenters. The molecule has 0 fully saturated rings. The molecular formula is C27H25ClF2N4O7S2. The highest BCUT2D eigenvalue weighted by Crippen LogP contribution is 2.32. The molecule has 228 valence electrons. The number of halogens is 3. The molecule has 4 aromatic rings. The summed E-state index contributed by atoms with van der Waals surface area (Å²) < 4.78 is 90.8. The molecule has 4 rings (SSSR count). The number of benzene rings is 3. The molecule has 0 aliphatic carbocycles. The molecule has 0 unspecified atom stereocenters. The van der Waals surface area contributed by atoms with E-state index in [9.17, 15) is 30.4 Å². The van der Waals surface area contributed by atoms with Crippen LogP contribution in [0.2, 0.25) is 5.02 Å². The van der Waals surface area contributed by atoms with Crippen LogP contribution in [0.15, 0.2) is 82.8 Å². The van der Waals surface area contributed by atoms with Crippen LogP contribution < -0.4 is 10.2 Å². The number of hydrogen-bond donors (Lipinski definition) is 2. The van der Waals surface area contributed by atoms with Crippen molar-refractivity contribution in [3.8, 4) is 11.5 Å². The summed E-state index contributed by atoms with van der Waals surface area (Å²) in [6.45, 7) is -0.581. The van der Waals surface area contributed by atoms with Crippen LogP contribution in [0.25, 0.3) is 10.8 Å². The van der Waals surface area contributed by atoms with Gasteiger partial charge in [-0.1, -0.05) is 30.7 Å². The standard InChI is InChI=1S/C27H25ClF2N4O7S2/c1-2-33(43(39,40)25-5-3-4-18-16-31-11-10-22(18)25)12-13-34(17-26(35)32-36)42(37,38)21-14-23(29)27(24(30)15-21)41-20-8-6-19(28)7-9-20/h3-11,14-16,36H,2,12-13,17H2,1H3,(H,32,35). The highest BCUT2D eigenvalue weighted by molar-refractivity contribution is 7.89. The van der Waals surface area contributed by atoms with Crippen molar-refractivity contribution < 1.29 is 40.4 Å². The van der Waals surface area contributed by atoms with Gasteiger partial charge >= 0.3 is 0 Å². The number of carbonyl (C=O) groups is 1. The Hall–Kier alpha value is -3.73. The van der Waals surface area contributed by atoms with E-state index < -0.39 is 67.9 Å². The van der Waals surface area contributed by atoms with Crippen molar-refractivity contribution >= 4 is 48.3 Å². The number of amides is 1. The molecule has 0 aliphatic rings. The minimum absolute atomic E-state index is 0.0300. The fourth-order valence-electron chi connectivity index (χ4n) is 4.16. The average Bonchev–Trinajstić information content (AvgIpc) is 2.98. The van der Waals surface area contributed by atoms with Crippen LogP contribution >= 0.6 is 11.6 Å². The minimum atomic E-state index is -4.82. The number of ether oxygens (including phenoxy) is 1. The van der Waals surface area contributed by atoms with Gasteiger partial charge in [0.1, 0.15) is 5.75 Å². The second-order valence-electron chi connectivity index (χ2n) is 9.00. The third-order valence-corrected chi connectivity index (χ3v) is 10.4. The summed E-state index contributed by atoms with van der Waals surface area (Å²) in [5.74, 6) is -4.73. The Labute approximate surface area is 251 Å². The molecule has 0 radical (unpaired) electrons. The minimum Gasteiger partial charge on any atom is -0.451 e. The third-order valence-electron chi connectivity index (χ3n) is 6.30. The van der Waals surface area contributed by atoms with Crippen LogP contribution in [0.1, 0.15) is 6.92 Å². The van der Waals surface area contributed by atoms with Crippen molar-refractivity contribution in [2.45, 2.75) is 16.7 Å². The SMILES string of the molecule is CCN(CCN(CC(=O)NO)S(=O)(=O)c1cc(F)c(Oc2ccc(Cl)cc2)c(F)c1)S(=O)(=O)c1cccc2cnccc12. The van der Waals surface area contributed by atoms with Crippen LogP contribution in [0, 0.1) is 11.6 Å². The average molecular weight is 655 g/mol. The topological polar surface area (TPSA) is 146 Å². The van der Waals surface area contributed by atoms with Crippen LogP contribution in [0.5, 0.6) is 11.5 Å². The maximum absolute atomic E-state index is 15.0. The molecular weight excluding hydrogens is 630 g/mol. The van der Waals surface area contributed by atoms with Crippen molar-refractivity contribution in [2.75, 3.05) is 26.2 Å². The number of hydroxylamine groups is 1. The first-order valence-electron chi connectivity index (χ1n) is 12.6. The lowest BCUT2D eigenvalue weighted by atomic mass is 10.2. The van der Waals surface area contributed by atoms with Crippen molar-refractivity contribution in [2.24, 2.45) is 0 Å². The number of pyridine rings is 1. The summed E-state index contributed by atoms with van der Waals surface area (Å²) in [5.41, 5.74) is 1.30. The number of nitrogens with one attached hydrogen (secondary N) is 1. The van der Waals surface area contributed by atoms with Gasteiger partial charge in [0, 0.05) is 47.8 Å². The van der Waals surface area contributed by atoms with E-state index in [2.05, 4.69) is 4.98 Å². The lowest BCUT2D eigenvalue weighted by Gasteiger charge is -2.26. The molecule has 1 amide bonds. The molecule has 11 nitrogen and oxygen atoms in total. The van der Waals surface area contributed by atoms with Gasteiger partial charge in [-0.3, -0.25) is 15.0 Å². The van der Waals surface area contributed by atoms with E-state index in [1.165, 1.54) is 67.3 Å². The van der Waals surface area contributed by atoms with Crippen LogP contribution in [-0.2, 0) is 24.8 Å². The van der Waals surface area contributed by atoms with Gasteiger partial charge in [-0.25, -0.2) is 31.1 Å². The summed E-state index contributed by atoms with van der Waals surface area (Å²) in [7, 11) is -9.00. The third kappa shape index (κ3) is 7.09. The number of fused-ring (bicyclic) bond motifs is 1. The second-order valence-corrected chi connectivity index (χ2v) is 13.3. The summed E-state index contributed by atoms with van der Waals surface area (Å²) >= 11 is 5.80. The van der Waals surface area contributed by atoms with E-state index in [4.69, 9.17) is 21.5 Å². The maximum atomic E-state index is 15.0. The summed E-state index contributed by atoms with van der Waals surface area (Å²) in [6.07, 6.45) is 2.93. The smallest absolute Gasteiger partial charge is 0.258 e. The summed E-state index contributed by atoms with van der Waals surface area (Å²) in [6, 6.07) is 12.7. The number of carbonyl (C=O) groups excluding carboxylic acids is 1. The molecule has 1 aromatic heterocycles. The molecule has 0 saturated heterocycles. The van der Waals surface area contributed by atoms with E-state index in [1.54, 1.807) is 6.07 Å². The Morgan fingerprint density at radius 3 is 2.26 bits per heavy atom. The number of likely N-dealkylation sites (N-methyl/N-ethyl adjacent to an activating group) is 1. The number of hydrogen-bond acceptors (Lipinski definition) is 8. The number of sulfonamides is 2. The number of rotatable bonds is 12. The van der Waals surface area contributed by atoms with Crippen LogP contribution in [0.4, 0.5) is 8.78 Å². The monoisotopic (exact) mass is 654 g/mol. The summed E-state index contributed by atoms with van der Waals surface area (Å²) in [4.78, 5) is 15.1. The van der Waals surface area contributed by atoms with Crippen molar-refractivity contribution in [3.05, 3.63) is 89.7 Å². The van der Waals surface area contributed by atoms with Gasteiger partial charge in [-0.05, 0) is 48.5 Å². The van der Waals surface area contributed by atoms with Crippen molar-refractivity contribution in [3.63, 3.8) is 0 Å². The fourth-order valence-corrected chi connectivity index (χ4v) is 7.35. The maximum Gasteiger partial charge on any atom is 0.258 e. The van der Waals surface area contributed by atoms with Crippen LogP contribution in [0.3, 0.4) is 0 Å². The predicted molar refractivity (Wildman–Crippen MR) is 153 cm³/mol. The Kier molecular flexibility index (Phi) is 9.94. The molecule has 43 heavy (non-hydrogen) atoms. The first kappa shape index (κ1) is 32.2. The normalized spacial score (nSPS) is 12.2. The molecule has 1 heterocycles. The predicted octanol–water partition coefficient (Wildman–Crippen LogP) is 4.17. The van der Waals surface area contributed by atoms with Crippen molar-refractivity contribution in [1.29, 1.82) is 0 Å². The zero-order chi connectivity index (χ0) is 31.4. The zero-order valence-corrected chi connectivity index (χ0v) is 24.8. The second kappa shape index (κ2) is 13.3. The van der Waals surface area contributed by atoms with Gasteiger partial charge < -0.3 is 4.74 Å². The Morgan fingerprint density at radius 2 is 1.63 bits per heavy atom. The van der Waals surface area contributed by atoms with E-state index >= 15 is 0 Å². The van der Waals surface area contributed by atoms with E-state index in [0.29, 0.717) is 32.2 Å². The Bertz CT molecular complexity index is 1830. The van der Waals surface area contributed by atoms with Gasteiger partial charge in [0.2, 0.25) is 20.0 Å². The fraction of sp³-hybridized carbons (Fsp3) is 0.185. The van der Waals surface area contributed by atoms with E-state index in [0.717, 1.165) is 4.31 Å². The lowest BCUT2D eigenvalue weighted by Crippen LogP contribution is -2.45. The quantitative estimate of drug-likeness (QED) is 0.171. The highest BCUT2D eigenvalue weighted by atomic mass is 35.5. The Morgan fingerprint density at radius 1 is 0.977 bits per heavy atom. The molecule has 0 bridgehead atoms. The summed E-state index contributed by atoms with van der Waals surface area (Å²) in [5, 5.41) is 10.3. The van der Waals surface area contributed by atoms with Crippen LogP contribution in [-0.4, -0.2) is 67.7 Å². The first-order valence-corrected chi connectivity index (χ1v) is 15.8. The molecule has 16 heteroatoms. The zero-order valence-electron chi connectivity index (χ0n) is 22.4. The lowest BCUT2D eigenvalue weighted by molar-refractivity contribution is -0.129. The van der Waals surface area contributed by atoms with Gasteiger partial charge in [-0.2, -0.15) is 8.61 Å². The Balaban J connectivity index is 1.63. The molecule has 0 saturated carbocycles. The van der Waals surface area contributed by atoms with Gasteiger partial charge in [0.25, 0.3) is 5.91 Å². The van der Waals surface area contributed by atoms with Gasteiger partial charge in [0.15, 0.2) is 17.4 Å². The van der Waals surface area contributed by atoms with Gasteiger partial charge in [0.05, 0.1) is 16.3 Å². The highest BCUT2D eigenvalue weighted by Gasteiger charge is 2.32. The molecule has 0 spiro atoms. The van der Waals surface area contributed by atoms with Crippen molar-refractivity contribution in [1.82, 2.24) is 19.1 Å². The first-order chi connectivity index (χ1) is 20.4. The molecule has 0 aliphatic heterocycles. The number of nitrogens with zero attached hydrogens (tertiary/aromatic N) is 3. The van der Waals surface area contributed by atoms with Gasteiger partial charge in [-0.15, -0.1) is 0 Å². The molecule has 3 aromatic carbocycles. The van der Waals surface area contributed by atoms with E-state index in [-0.39, 0.29) is 17.2 Å². The number of aromatic nitrogens is 1. The largest absolute Gasteiger partial charge is 0.451 e.